The Morgan fingerprint density at radius 1 is 1.27 bits per heavy atom. The Bertz CT molecular complexity index is 376. The van der Waals surface area contributed by atoms with Crippen molar-refractivity contribution in [2.24, 2.45) is 5.73 Å². The van der Waals surface area contributed by atoms with Gasteiger partial charge in [0, 0.05) is 25.0 Å². The average molecular weight is 310 g/mol. The lowest BCUT2D eigenvalue weighted by Crippen LogP contribution is -2.47. The highest BCUT2D eigenvalue weighted by Crippen LogP contribution is 2.23. The van der Waals surface area contributed by atoms with E-state index in [9.17, 15) is 4.79 Å². The zero-order valence-electron chi connectivity index (χ0n) is 14.1. The molecule has 0 aromatic heterocycles. The summed E-state index contributed by atoms with van der Waals surface area (Å²) in [6.07, 6.45) is 9.25. The molecule has 1 amide bonds. The molecule has 0 saturated heterocycles. The highest BCUT2D eigenvalue weighted by Gasteiger charge is 2.30. The van der Waals surface area contributed by atoms with Crippen LogP contribution in [0, 0.1) is 12.3 Å². The van der Waals surface area contributed by atoms with Crippen molar-refractivity contribution in [3.05, 3.63) is 0 Å². The Balaban J connectivity index is 2.56. The third-order valence-corrected chi connectivity index (χ3v) is 3.68. The van der Waals surface area contributed by atoms with E-state index >= 15 is 0 Å². The van der Waals surface area contributed by atoms with Gasteiger partial charge >= 0.3 is 6.09 Å². The molecular formula is C17H30N2O3. The van der Waals surface area contributed by atoms with Gasteiger partial charge in [0.05, 0.1) is 13.2 Å². The molecule has 1 fully saturated rings. The standard InChI is InChI=1S/C17H30N2O3/c1-5-6-12-21-13-11-19(16(20)22-17(2,3)4)15-9-7-14(18)8-10-15/h1,14-15H,6-13,18H2,2-4H3. The first-order valence-electron chi connectivity index (χ1n) is 8.10. The molecule has 2 N–H and O–H groups in total. The quantitative estimate of drug-likeness (QED) is 0.605. The summed E-state index contributed by atoms with van der Waals surface area (Å²) >= 11 is 0. The van der Waals surface area contributed by atoms with E-state index in [-0.39, 0.29) is 18.2 Å². The van der Waals surface area contributed by atoms with Gasteiger partial charge in [0.2, 0.25) is 0 Å². The van der Waals surface area contributed by atoms with Crippen molar-refractivity contribution >= 4 is 6.09 Å². The van der Waals surface area contributed by atoms with Crippen molar-refractivity contribution < 1.29 is 14.3 Å². The molecule has 0 aliphatic heterocycles. The molecule has 1 aliphatic rings. The van der Waals surface area contributed by atoms with Crippen molar-refractivity contribution in [2.75, 3.05) is 19.8 Å². The predicted octanol–water partition coefficient (Wildman–Crippen LogP) is 2.53. The summed E-state index contributed by atoms with van der Waals surface area (Å²) in [7, 11) is 0. The Hall–Kier alpha value is -1.25. The van der Waals surface area contributed by atoms with Gasteiger partial charge in [-0.25, -0.2) is 4.79 Å². The second kappa shape index (κ2) is 9.02. The van der Waals surface area contributed by atoms with Crippen LogP contribution in [-0.2, 0) is 9.47 Å². The van der Waals surface area contributed by atoms with Crippen LogP contribution in [0.1, 0.15) is 52.9 Å². The molecule has 0 aromatic rings. The minimum atomic E-state index is -0.495. The predicted molar refractivity (Wildman–Crippen MR) is 87.4 cm³/mol. The van der Waals surface area contributed by atoms with Crippen LogP contribution in [0.5, 0.6) is 0 Å². The number of carbonyl (C=O) groups excluding carboxylic acids is 1. The van der Waals surface area contributed by atoms with E-state index in [0.717, 1.165) is 25.7 Å². The van der Waals surface area contributed by atoms with E-state index < -0.39 is 5.60 Å². The Kier molecular flexibility index (Phi) is 7.70. The molecule has 1 aliphatic carbocycles. The topological polar surface area (TPSA) is 64.8 Å². The molecule has 0 bridgehead atoms. The molecule has 0 radical (unpaired) electrons. The highest BCUT2D eigenvalue weighted by molar-refractivity contribution is 5.68. The fraction of sp³-hybridized carbons (Fsp3) is 0.824. The number of ether oxygens (including phenoxy) is 2. The van der Waals surface area contributed by atoms with Crippen molar-refractivity contribution in [1.82, 2.24) is 4.90 Å². The first kappa shape index (κ1) is 18.8. The van der Waals surface area contributed by atoms with Gasteiger partial charge < -0.3 is 20.1 Å². The number of rotatable bonds is 6. The van der Waals surface area contributed by atoms with Crippen LogP contribution in [0.4, 0.5) is 4.79 Å². The zero-order valence-corrected chi connectivity index (χ0v) is 14.1. The van der Waals surface area contributed by atoms with Gasteiger partial charge in [-0.05, 0) is 46.5 Å². The van der Waals surface area contributed by atoms with Crippen LogP contribution in [-0.4, -0.2) is 48.4 Å². The Morgan fingerprint density at radius 2 is 1.91 bits per heavy atom. The number of nitrogens with two attached hydrogens (primary N) is 1. The van der Waals surface area contributed by atoms with Gasteiger partial charge in [0.1, 0.15) is 5.60 Å². The summed E-state index contributed by atoms with van der Waals surface area (Å²) in [6.45, 7) is 7.16. The highest BCUT2D eigenvalue weighted by atomic mass is 16.6. The van der Waals surface area contributed by atoms with E-state index in [2.05, 4.69) is 5.92 Å². The van der Waals surface area contributed by atoms with E-state index in [4.69, 9.17) is 21.6 Å². The summed E-state index contributed by atoms with van der Waals surface area (Å²) in [6, 6.07) is 0.439. The molecule has 0 heterocycles. The third-order valence-electron chi connectivity index (χ3n) is 3.68. The van der Waals surface area contributed by atoms with Crippen molar-refractivity contribution in [1.29, 1.82) is 0 Å². The molecule has 0 aromatic carbocycles. The van der Waals surface area contributed by atoms with Crippen LogP contribution in [0.25, 0.3) is 0 Å². The van der Waals surface area contributed by atoms with E-state index in [1.807, 2.05) is 20.8 Å². The molecular weight excluding hydrogens is 280 g/mol. The van der Waals surface area contributed by atoms with Gasteiger partial charge in [-0.1, -0.05) is 0 Å². The second-order valence-electron chi connectivity index (χ2n) is 6.81. The number of nitrogens with zero attached hydrogens (tertiary/aromatic N) is 1. The maximum atomic E-state index is 12.4. The van der Waals surface area contributed by atoms with E-state index in [0.29, 0.717) is 26.2 Å². The monoisotopic (exact) mass is 310 g/mol. The summed E-state index contributed by atoms with van der Waals surface area (Å²) in [4.78, 5) is 14.2. The molecule has 126 valence electrons. The Morgan fingerprint density at radius 3 is 2.45 bits per heavy atom. The number of hydrogen-bond acceptors (Lipinski definition) is 4. The maximum absolute atomic E-state index is 12.4. The molecule has 0 unspecified atom stereocenters. The molecule has 0 spiro atoms. The van der Waals surface area contributed by atoms with Crippen LogP contribution < -0.4 is 5.73 Å². The minimum absolute atomic E-state index is 0.186. The van der Waals surface area contributed by atoms with Crippen molar-refractivity contribution in [3.8, 4) is 12.3 Å². The molecule has 5 heteroatoms. The van der Waals surface area contributed by atoms with Crippen molar-refractivity contribution in [3.63, 3.8) is 0 Å². The first-order valence-corrected chi connectivity index (χ1v) is 8.10. The fourth-order valence-electron chi connectivity index (χ4n) is 2.55. The number of amides is 1. The van der Waals surface area contributed by atoms with E-state index in [1.165, 1.54) is 0 Å². The lowest BCUT2D eigenvalue weighted by Gasteiger charge is -2.36. The average Bonchev–Trinajstić information content (AvgIpc) is 2.42. The van der Waals surface area contributed by atoms with Crippen LogP contribution in [0.2, 0.25) is 0 Å². The number of terminal acetylenes is 1. The third kappa shape index (κ3) is 7.15. The molecule has 0 atom stereocenters. The molecule has 1 rings (SSSR count). The van der Waals surface area contributed by atoms with Crippen LogP contribution in [0.3, 0.4) is 0 Å². The lowest BCUT2D eigenvalue weighted by molar-refractivity contribution is 0.00303. The van der Waals surface area contributed by atoms with Crippen LogP contribution in [0.15, 0.2) is 0 Å². The number of carbonyl (C=O) groups is 1. The SMILES string of the molecule is C#CCCOCCN(C(=O)OC(C)(C)C)C1CCC(N)CC1. The first-order chi connectivity index (χ1) is 10.3. The molecule has 5 nitrogen and oxygen atoms in total. The largest absolute Gasteiger partial charge is 0.444 e. The summed E-state index contributed by atoms with van der Waals surface area (Å²) in [5.41, 5.74) is 5.46. The zero-order chi connectivity index (χ0) is 16.6. The maximum Gasteiger partial charge on any atom is 0.410 e. The van der Waals surface area contributed by atoms with Crippen molar-refractivity contribution in [2.45, 2.75) is 70.6 Å². The van der Waals surface area contributed by atoms with Gasteiger partial charge in [0.25, 0.3) is 0 Å². The summed E-state index contributed by atoms with van der Waals surface area (Å²) in [5.74, 6) is 2.53. The smallest absolute Gasteiger partial charge is 0.410 e. The summed E-state index contributed by atoms with van der Waals surface area (Å²) in [5, 5.41) is 0. The molecule has 22 heavy (non-hydrogen) atoms. The van der Waals surface area contributed by atoms with E-state index in [1.54, 1.807) is 4.90 Å². The normalized spacial score (nSPS) is 22.0. The van der Waals surface area contributed by atoms with Crippen LogP contribution >= 0.6 is 0 Å². The number of hydrogen-bond donors (Lipinski definition) is 1. The fourth-order valence-corrected chi connectivity index (χ4v) is 2.55. The second-order valence-corrected chi connectivity index (χ2v) is 6.81. The lowest BCUT2D eigenvalue weighted by atomic mass is 9.91. The Labute approximate surface area is 134 Å². The molecule has 1 saturated carbocycles. The minimum Gasteiger partial charge on any atom is -0.444 e. The summed E-state index contributed by atoms with van der Waals surface area (Å²) < 4.78 is 11.0. The van der Waals surface area contributed by atoms with Gasteiger partial charge in [0.15, 0.2) is 0 Å². The van der Waals surface area contributed by atoms with Gasteiger partial charge in [-0.2, -0.15) is 0 Å². The van der Waals surface area contributed by atoms with Gasteiger partial charge in [-0.3, -0.25) is 0 Å². The van der Waals surface area contributed by atoms with Gasteiger partial charge in [-0.15, -0.1) is 12.3 Å².